The first-order chi connectivity index (χ1) is 13.7. The molecule has 7 heteroatoms. The molecule has 2 aromatic rings. The van der Waals surface area contributed by atoms with Gasteiger partial charge in [-0.2, -0.15) is 0 Å². The van der Waals surface area contributed by atoms with Gasteiger partial charge in [0.2, 0.25) is 0 Å². The Hall–Kier alpha value is -2.16. The summed E-state index contributed by atoms with van der Waals surface area (Å²) >= 11 is 0. The van der Waals surface area contributed by atoms with Crippen LogP contribution in [0.15, 0.2) is 59.9 Å². The normalized spacial score (nSPS) is 15.3. The molecule has 0 bridgehead atoms. The molecule has 29 heavy (non-hydrogen) atoms. The zero-order valence-corrected chi connectivity index (χ0v) is 19.2. The van der Waals surface area contributed by atoms with Gasteiger partial charge in [0.05, 0.1) is 5.56 Å². The number of rotatable bonds is 7. The van der Waals surface area contributed by atoms with Crippen molar-refractivity contribution < 1.29 is 4.79 Å². The Labute approximate surface area is 190 Å². The molecule has 0 atom stereocenters. The van der Waals surface area contributed by atoms with Crippen molar-refractivity contribution in [1.29, 1.82) is 0 Å². The summed E-state index contributed by atoms with van der Waals surface area (Å²) in [6.07, 6.45) is 8.14. The minimum absolute atomic E-state index is 0. The molecule has 0 saturated heterocycles. The largest absolute Gasteiger partial charge is 0.356 e. The van der Waals surface area contributed by atoms with Gasteiger partial charge in [0, 0.05) is 44.5 Å². The standard InChI is InChI=1S/C22H29N5O.HI/c1-23-21(26-15-14-25-20(28)18-8-7-13-24-16-18)27-17-22(11-5-6-12-22)19-9-3-2-4-10-19;/h2-4,7-10,13,16H,5-6,11-12,14-15,17H2,1H3,(H,25,28)(H2,23,26,27);1H. The van der Waals surface area contributed by atoms with Gasteiger partial charge in [-0.25, -0.2) is 0 Å². The van der Waals surface area contributed by atoms with Crippen LogP contribution < -0.4 is 16.0 Å². The maximum atomic E-state index is 12.0. The summed E-state index contributed by atoms with van der Waals surface area (Å²) < 4.78 is 0. The number of guanidine groups is 1. The molecule has 0 unspecified atom stereocenters. The Bertz CT molecular complexity index is 776. The smallest absolute Gasteiger partial charge is 0.252 e. The van der Waals surface area contributed by atoms with E-state index in [2.05, 4.69) is 56.3 Å². The number of carbonyl (C=O) groups excluding carboxylic acids is 1. The molecule has 1 heterocycles. The van der Waals surface area contributed by atoms with Crippen LogP contribution in [0.1, 0.15) is 41.6 Å². The lowest BCUT2D eigenvalue weighted by atomic mass is 9.79. The fraction of sp³-hybridized carbons (Fsp3) is 0.409. The number of hydrogen-bond acceptors (Lipinski definition) is 3. The van der Waals surface area contributed by atoms with Crippen LogP contribution in [-0.4, -0.2) is 43.5 Å². The zero-order valence-electron chi connectivity index (χ0n) is 16.9. The van der Waals surface area contributed by atoms with E-state index < -0.39 is 0 Å². The van der Waals surface area contributed by atoms with Gasteiger partial charge in [0.25, 0.3) is 5.91 Å². The van der Waals surface area contributed by atoms with Crippen LogP contribution in [0, 0.1) is 0 Å². The van der Waals surface area contributed by atoms with Crippen LogP contribution in [0.3, 0.4) is 0 Å². The Kier molecular flexibility index (Phi) is 9.37. The molecule has 1 aliphatic carbocycles. The van der Waals surface area contributed by atoms with Crippen LogP contribution in [0.2, 0.25) is 0 Å². The number of carbonyl (C=O) groups is 1. The highest BCUT2D eigenvalue weighted by Crippen LogP contribution is 2.40. The summed E-state index contributed by atoms with van der Waals surface area (Å²) in [4.78, 5) is 20.3. The van der Waals surface area contributed by atoms with Crippen LogP contribution in [-0.2, 0) is 5.41 Å². The number of amides is 1. The van der Waals surface area contributed by atoms with Gasteiger partial charge >= 0.3 is 0 Å². The zero-order chi connectivity index (χ0) is 19.7. The number of benzene rings is 1. The van der Waals surface area contributed by atoms with Gasteiger partial charge in [-0.05, 0) is 30.5 Å². The molecule has 1 aromatic carbocycles. The molecule has 6 nitrogen and oxygen atoms in total. The van der Waals surface area contributed by atoms with Crippen molar-refractivity contribution in [3.63, 3.8) is 0 Å². The molecule has 0 spiro atoms. The second-order valence-corrected chi connectivity index (χ2v) is 7.20. The van der Waals surface area contributed by atoms with E-state index in [1.807, 2.05) is 0 Å². The average molecular weight is 507 g/mol. The van der Waals surface area contributed by atoms with E-state index in [4.69, 9.17) is 0 Å². The minimum atomic E-state index is -0.119. The van der Waals surface area contributed by atoms with Crippen LogP contribution >= 0.6 is 24.0 Å². The Morgan fingerprint density at radius 2 is 1.76 bits per heavy atom. The van der Waals surface area contributed by atoms with E-state index in [-0.39, 0.29) is 35.3 Å². The molecule has 3 rings (SSSR count). The minimum Gasteiger partial charge on any atom is -0.356 e. The lowest BCUT2D eigenvalue weighted by Gasteiger charge is -2.30. The summed E-state index contributed by atoms with van der Waals surface area (Å²) in [5.74, 6) is 0.643. The number of halogens is 1. The summed E-state index contributed by atoms with van der Waals surface area (Å²) in [7, 11) is 1.77. The second-order valence-electron chi connectivity index (χ2n) is 7.20. The number of aliphatic imine (C=N–C) groups is 1. The molecule has 1 amide bonds. The van der Waals surface area contributed by atoms with Crippen molar-refractivity contribution in [2.24, 2.45) is 4.99 Å². The molecular formula is C22H30IN5O. The van der Waals surface area contributed by atoms with Crippen LogP contribution in [0.5, 0.6) is 0 Å². The van der Waals surface area contributed by atoms with Crippen LogP contribution in [0.4, 0.5) is 0 Å². The molecule has 3 N–H and O–H groups in total. The van der Waals surface area contributed by atoms with E-state index in [9.17, 15) is 4.79 Å². The number of pyridine rings is 1. The topological polar surface area (TPSA) is 78.4 Å². The third-order valence-corrected chi connectivity index (χ3v) is 5.39. The molecule has 1 aliphatic rings. The lowest BCUT2D eigenvalue weighted by Crippen LogP contribution is -2.46. The highest BCUT2D eigenvalue weighted by molar-refractivity contribution is 14.0. The second kappa shape index (κ2) is 11.7. The van der Waals surface area contributed by atoms with E-state index in [1.165, 1.54) is 31.2 Å². The summed E-state index contributed by atoms with van der Waals surface area (Å²) in [6.45, 7) is 1.97. The van der Waals surface area contributed by atoms with Crippen molar-refractivity contribution in [2.45, 2.75) is 31.1 Å². The van der Waals surface area contributed by atoms with Crippen molar-refractivity contribution in [3.05, 3.63) is 66.0 Å². The number of hydrogen-bond donors (Lipinski definition) is 3. The van der Waals surface area contributed by atoms with Gasteiger partial charge in [-0.1, -0.05) is 43.2 Å². The van der Waals surface area contributed by atoms with E-state index in [0.717, 1.165) is 12.5 Å². The maximum absolute atomic E-state index is 12.0. The fourth-order valence-electron chi connectivity index (χ4n) is 3.84. The predicted molar refractivity (Wildman–Crippen MR) is 128 cm³/mol. The maximum Gasteiger partial charge on any atom is 0.252 e. The molecule has 156 valence electrons. The first-order valence-electron chi connectivity index (χ1n) is 9.92. The Balaban J connectivity index is 0.00000300. The number of nitrogens with one attached hydrogen (secondary N) is 3. The first kappa shape index (κ1) is 23.1. The molecule has 1 aromatic heterocycles. The van der Waals surface area contributed by atoms with Crippen molar-refractivity contribution >= 4 is 35.8 Å². The summed E-state index contributed by atoms with van der Waals surface area (Å²) in [6, 6.07) is 14.3. The van der Waals surface area contributed by atoms with Gasteiger partial charge in [0.1, 0.15) is 0 Å². The third-order valence-electron chi connectivity index (χ3n) is 5.39. The first-order valence-corrected chi connectivity index (χ1v) is 9.92. The average Bonchev–Trinajstić information content (AvgIpc) is 3.24. The summed E-state index contributed by atoms with van der Waals surface area (Å²) in [5, 5.41) is 9.65. The fourth-order valence-corrected chi connectivity index (χ4v) is 3.84. The van der Waals surface area contributed by atoms with E-state index in [0.29, 0.717) is 18.7 Å². The summed E-state index contributed by atoms with van der Waals surface area (Å²) in [5.41, 5.74) is 2.14. The Morgan fingerprint density at radius 3 is 2.41 bits per heavy atom. The van der Waals surface area contributed by atoms with Crippen molar-refractivity contribution in [3.8, 4) is 0 Å². The molecule has 0 aliphatic heterocycles. The third kappa shape index (κ3) is 6.42. The molecule has 0 radical (unpaired) electrons. The lowest BCUT2D eigenvalue weighted by molar-refractivity contribution is 0.0954. The van der Waals surface area contributed by atoms with Gasteiger partial charge in [-0.15, -0.1) is 24.0 Å². The highest BCUT2D eigenvalue weighted by Gasteiger charge is 2.35. The van der Waals surface area contributed by atoms with Crippen LogP contribution in [0.25, 0.3) is 0 Å². The van der Waals surface area contributed by atoms with Crippen molar-refractivity contribution in [2.75, 3.05) is 26.7 Å². The van der Waals surface area contributed by atoms with E-state index >= 15 is 0 Å². The van der Waals surface area contributed by atoms with Gasteiger partial charge in [-0.3, -0.25) is 14.8 Å². The quantitative estimate of drug-likeness (QED) is 0.233. The SMILES string of the molecule is CN=C(NCCNC(=O)c1cccnc1)NCC1(c2ccccc2)CCCC1.I. The monoisotopic (exact) mass is 507 g/mol. The number of aromatic nitrogens is 1. The predicted octanol–water partition coefficient (Wildman–Crippen LogP) is 3.11. The molecular weight excluding hydrogens is 477 g/mol. The molecule has 1 saturated carbocycles. The van der Waals surface area contributed by atoms with E-state index in [1.54, 1.807) is 31.6 Å². The number of nitrogens with zero attached hydrogens (tertiary/aromatic N) is 2. The van der Waals surface area contributed by atoms with Crippen molar-refractivity contribution in [1.82, 2.24) is 20.9 Å². The van der Waals surface area contributed by atoms with Gasteiger partial charge in [0.15, 0.2) is 5.96 Å². The van der Waals surface area contributed by atoms with Gasteiger partial charge < -0.3 is 16.0 Å². The molecule has 1 fully saturated rings. The highest BCUT2D eigenvalue weighted by atomic mass is 127. The Morgan fingerprint density at radius 1 is 1.03 bits per heavy atom.